The van der Waals surface area contributed by atoms with Crippen molar-refractivity contribution in [2.45, 2.75) is 38.5 Å². The third-order valence-electron chi connectivity index (χ3n) is 5.79. The molecule has 2 atom stereocenters. The second-order valence-electron chi connectivity index (χ2n) is 8.00. The number of methoxy groups -OCH3 is 1. The van der Waals surface area contributed by atoms with E-state index in [1.165, 1.54) is 7.11 Å². The number of Topliss-reactive ketones (excluding diaryl/α,β-unsaturated/α-hetero) is 1. The highest BCUT2D eigenvalue weighted by atomic mass is 16.5. The fourth-order valence-electron chi connectivity index (χ4n) is 4.30. The first kappa shape index (κ1) is 22.2. The highest BCUT2D eigenvalue weighted by Crippen LogP contribution is 2.43. The molecule has 31 heavy (non-hydrogen) atoms. The van der Waals surface area contributed by atoms with Gasteiger partial charge >= 0.3 is 5.97 Å². The van der Waals surface area contributed by atoms with Crippen LogP contribution in [0, 0.1) is 0 Å². The summed E-state index contributed by atoms with van der Waals surface area (Å²) in [7, 11) is 1.30. The molecule has 6 heteroatoms. The number of esters is 1. The lowest BCUT2D eigenvalue weighted by Crippen LogP contribution is -2.27. The third-order valence-corrected chi connectivity index (χ3v) is 5.79. The average Bonchev–Trinajstić information content (AvgIpc) is 2.73. The zero-order valence-electron chi connectivity index (χ0n) is 18.0. The number of hydrogen-bond acceptors (Lipinski definition) is 6. The minimum atomic E-state index is -0.633. The van der Waals surface area contributed by atoms with Crippen molar-refractivity contribution in [2.24, 2.45) is 5.73 Å². The number of carbonyl (C=O) groups excluding carboxylic acids is 2. The van der Waals surface area contributed by atoms with E-state index in [2.05, 4.69) is 0 Å². The zero-order valence-corrected chi connectivity index (χ0v) is 18.0. The Balaban J connectivity index is 2.11. The minimum absolute atomic E-state index is 0.00782. The van der Waals surface area contributed by atoms with Gasteiger partial charge in [-0.1, -0.05) is 29.8 Å². The molecule has 2 aromatic rings. The number of aromatic hydroxyl groups is 1. The van der Waals surface area contributed by atoms with Gasteiger partial charge in [0.2, 0.25) is 0 Å². The van der Waals surface area contributed by atoms with E-state index in [0.717, 1.165) is 16.7 Å². The molecular formula is C25H28N2O4. The van der Waals surface area contributed by atoms with Gasteiger partial charge in [-0.3, -0.25) is 4.79 Å². The van der Waals surface area contributed by atoms with E-state index >= 15 is 0 Å². The molecule has 6 nitrogen and oxygen atoms in total. The maximum absolute atomic E-state index is 13.4. The number of nitrogens with two attached hydrogens (primary N) is 2. The molecule has 0 fully saturated rings. The monoisotopic (exact) mass is 420 g/mol. The van der Waals surface area contributed by atoms with Crippen LogP contribution in [0.25, 0.3) is 0 Å². The Morgan fingerprint density at radius 2 is 1.71 bits per heavy atom. The molecular weight excluding hydrogens is 392 g/mol. The lowest BCUT2D eigenvalue weighted by Gasteiger charge is -2.31. The molecule has 0 bridgehead atoms. The van der Waals surface area contributed by atoms with Crippen molar-refractivity contribution in [3.8, 4) is 5.75 Å². The van der Waals surface area contributed by atoms with Crippen molar-refractivity contribution >= 4 is 17.4 Å². The molecule has 0 saturated heterocycles. The second kappa shape index (κ2) is 9.08. The summed E-state index contributed by atoms with van der Waals surface area (Å²) >= 11 is 0. The minimum Gasteiger partial charge on any atom is -0.508 e. The van der Waals surface area contributed by atoms with Crippen molar-refractivity contribution in [3.05, 3.63) is 82.1 Å². The zero-order chi connectivity index (χ0) is 22.7. The molecule has 2 aromatic carbocycles. The first-order chi connectivity index (χ1) is 14.7. The summed E-state index contributed by atoms with van der Waals surface area (Å²) in [6.45, 7) is 3.56. The number of ketones is 1. The highest BCUT2D eigenvalue weighted by molar-refractivity contribution is 6.03. The first-order valence-corrected chi connectivity index (χ1v) is 10.1. The smallest absolute Gasteiger partial charge is 0.336 e. The van der Waals surface area contributed by atoms with Crippen LogP contribution in [0.3, 0.4) is 0 Å². The Labute approximate surface area is 182 Å². The Morgan fingerprint density at radius 3 is 2.23 bits per heavy atom. The number of hydrogen-bond donors (Lipinski definition) is 3. The number of benzene rings is 2. The Morgan fingerprint density at radius 1 is 1.10 bits per heavy atom. The number of anilines is 1. The van der Waals surface area contributed by atoms with Crippen molar-refractivity contribution < 1.29 is 19.4 Å². The Hall–Kier alpha value is -3.54. The van der Waals surface area contributed by atoms with Gasteiger partial charge < -0.3 is 21.3 Å². The van der Waals surface area contributed by atoms with E-state index < -0.39 is 11.9 Å². The van der Waals surface area contributed by atoms with Crippen LogP contribution in [0.1, 0.15) is 49.7 Å². The fraction of sp³-hybridized carbons (Fsp3) is 0.280. The Bertz CT molecular complexity index is 1050. The number of ether oxygens (including phenoxy) is 1. The van der Waals surface area contributed by atoms with Gasteiger partial charge in [-0.05, 0) is 61.6 Å². The van der Waals surface area contributed by atoms with Gasteiger partial charge in [-0.25, -0.2) is 4.79 Å². The largest absolute Gasteiger partial charge is 0.508 e. The molecule has 1 aliphatic carbocycles. The van der Waals surface area contributed by atoms with Gasteiger partial charge in [-0.15, -0.1) is 0 Å². The fourth-order valence-corrected chi connectivity index (χ4v) is 4.30. The number of phenolic OH excluding ortho intramolecular Hbond substituents is 1. The van der Waals surface area contributed by atoms with Crippen molar-refractivity contribution in [2.75, 3.05) is 12.8 Å². The third kappa shape index (κ3) is 4.63. The summed E-state index contributed by atoms with van der Waals surface area (Å²) in [5.74, 6) is -1.03. The second-order valence-corrected chi connectivity index (χ2v) is 8.00. The van der Waals surface area contributed by atoms with Crippen LogP contribution in [0.4, 0.5) is 5.69 Å². The summed E-state index contributed by atoms with van der Waals surface area (Å²) in [6.07, 6.45) is 0.969. The van der Waals surface area contributed by atoms with Crippen LogP contribution in [0.5, 0.6) is 5.75 Å². The molecule has 0 aromatic heterocycles. The van der Waals surface area contributed by atoms with E-state index in [0.29, 0.717) is 29.8 Å². The predicted octanol–water partition coefficient (Wildman–Crippen LogP) is 3.93. The number of nitrogen functional groups attached to an aromatic ring is 1. The number of rotatable bonds is 5. The van der Waals surface area contributed by atoms with Gasteiger partial charge in [0.1, 0.15) is 5.75 Å². The van der Waals surface area contributed by atoms with E-state index in [4.69, 9.17) is 16.2 Å². The Kier molecular flexibility index (Phi) is 6.49. The van der Waals surface area contributed by atoms with Crippen LogP contribution in [0.2, 0.25) is 0 Å². The average molecular weight is 421 g/mol. The number of carbonyl (C=O) groups is 2. The summed E-state index contributed by atoms with van der Waals surface area (Å²) in [6, 6.07) is 14.0. The maximum atomic E-state index is 13.4. The molecule has 2 unspecified atom stereocenters. The first-order valence-electron chi connectivity index (χ1n) is 10.1. The predicted molar refractivity (Wildman–Crippen MR) is 120 cm³/mol. The van der Waals surface area contributed by atoms with Gasteiger partial charge in [0.15, 0.2) is 5.78 Å². The molecule has 0 spiro atoms. The molecule has 162 valence electrons. The van der Waals surface area contributed by atoms with Gasteiger partial charge in [0, 0.05) is 29.3 Å². The van der Waals surface area contributed by atoms with Gasteiger partial charge in [0.05, 0.1) is 12.7 Å². The summed E-state index contributed by atoms with van der Waals surface area (Å²) in [4.78, 5) is 26.1. The van der Waals surface area contributed by atoms with Crippen LogP contribution in [0.15, 0.2) is 70.9 Å². The van der Waals surface area contributed by atoms with Crippen molar-refractivity contribution in [1.82, 2.24) is 0 Å². The van der Waals surface area contributed by atoms with Crippen LogP contribution >= 0.6 is 0 Å². The van der Waals surface area contributed by atoms with Crippen LogP contribution < -0.4 is 11.5 Å². The molecule has 0 heterocycles. The SMILES string of the molecule is COC(=O)/C(=C(/C)N)C(C1=C(C)CC(c2ccc(O)cc2)CC1=O)c1ccc(N)cc1. The topological polar surface area (TPSA) is 116 Å². The van der Waals surface area contributed by atoms with E-state index in [-0.39, 0.29) is 23.0 Å². The quantitative estimate of drug-likeness (QED) is 0.383. The number of phenols is 1. The molecule has 3 rings (SSSR count). The molecule has 1 aliphatic rings. The highest BCUT2D eigenvalue weighted by Gasteiger charge is 2.37. The van der Waals surface area contributed by atoms with Crippen molar-refractivity contribution in [3.63, 3.8) is 0 Å². The van der Waals surface area contributed by atoms with E-state index in [1.807, 2.05) is 31.2 Å². The summed E-state index contributed by atoms with van der Waals surface area (Å²) < 4.78 is 5.00. The molecule has 0 amide bonds. The van der Waals surface area contributed by atoms with Gasteiger partial charge in [0.25, 0.3) is 0 Å². The van der Waals surface area contributed by atoms with E-state index in [9.17, 15) is 14.7 Å². The number of allylic oxidation sites excluding steroid dienone is 3. The van der Waals surface area contributed by atoms with E-state index in [1.54, 1.807) is 31.2 Å². The molecule has 0 saturated carbocycles. The summed E-state index contributed by atoms with van der Waals surface area (Å²) in [5, 5.41) is 9.56. The lowest BCUT2D eigenvalue weighted by molar-refractivity contribution is -0.136. The lowest BCUT2D eigenvalue weighted by atomic mass is 9.72. The summed E-state index contributed by atoms with van der Waals surface area (Å²) in [5.41, 5.74) is 16.3. The maximum Gasteiger partial charge on any atom is 0.336 e. The van der Waals surface area contributed by atoms with Crippen molar-refractivity contribution in [1.29, 1.82) is 0 Å². The molecule has 5 N–H and O–H groups in total. The standard InChI is InChI=1S/C25H28N2O4/c1-14-12-18(16-6-10-20(28)11-7-16)13-21(29)22(14)24(17-4-8-19(27)9-5-17)23(15(2)26)25(30)31-3/h4-11,18,24,28H,12-13,26-27H2,1-3H3/b23-15-. The normalized spacial score (nSPS) is 18.4. The molecule has 0 aliphatic heterocycles. The van der Waals surface area contributed by atoms with Crippen LogP contribution in [-0.2, 0) is 14.3 Å². The van der Waals surface area contributed by atoms with Gasteiger partial charge in [-0.2, -0.15) is 0 Å². The molecule has 0 radical (unpaired) electrons. The van der Waals surface area contributed by atoms with Crippen LogP contribution in [-0.4, -0.2) is 24.0 Å².